The maximum Gasteiger partial charge on any atom is 0.219 e. The summed E-state index contributed by atoms with van der Waals surface area (Å²) in [5.74, 6) is 0. The van der Waals surface area contributed by atoms with E-state index in [0.717, 1.165) is 0 Å². The topological polar surface area (TPSA) is 0 Å². The molecule has 0 unspecified atom stereocenters. The van der Waals surface area contributed by atoms with Crippen LogP contribution in [0.5, 0.6) is 0 Å². The second-order valence-electron chi connectivity index (χ2n) is 0.869. The van der Waals surface area contributed by atoms with E-state index in [2.05, 4.69) is 0 Å². The number of hydrogen-bond donors (Lipinski definition) is 0. The van der Waals surface area contributed by atoms with Crippen molar-refractivity contribution in [2.24, 2.45) is 0 Å². The van der Waals surface area contributed by atoms with Gasteiger partial charge in [-0.05, 0) is 6.04 Å². The van der Waals surface area contributed by atoms with Crippen molar-refractivity contribution in [3.05, 3.63) is 0 Å². The highest BCUT2D eigenvalue weighted by atomic mass is 35.5. The average Bonchev–Trinajstić information content (AvgIpc) is 1.35. The lowest BCUT2D eigenvalue weighted by Gasteiger charge is -1.87. The summed E-state index contributed by atoms with van der Waals surface area (Å²) < 4.78 is 11.2. The van der Waals surface area contributed by atoms with E-state index in [1.165, 1.54) is 0 Å². The van der Waals surface area contributed by atoms with Crippen LogP contribution in [0.4, 0.5) is 4.11 Å². The first-order valence-corrected chi connectivity index (χ1v) is 4.02. The van der Waals surface area contributed by atoms with E-state index >= 15 is 0 Å². The van der Waals surface area contributed by atoms with Crippen LogP contribution in [0.2, 0.25) is 6.04 Å². The fourth-order valence-electron chi connectivity index (χ4n) is 0.0825. The summed E-state index contributed by atoms with van der Waals surface area (Å²) in [5.41, 5.74) is 0. The van der Waals surface area contributed by atoms with Gasteiger partial charge in [0.05, 0.1) is 0 Å². The van der Waals surface area contributed by atoms with Crippen LogP contribution in [0.3, 0.4) is 0 Å². The molecule has 6 heavy (non-hydrogen) atoms. The Bertz CT molecular complexity index is 32.7. The molecule has 0 saturated carbocycles. The van der Waals surface area contributed by atoms with Gasteiger partial charge in [-0.3, -0.25) is 0 Å². The summed E-state index contributed by atoms with van der Waals surface area (Å²) in [4.78, 5) is -0.471. The van der Waals surface area contributed by atoms with Crippen LogP contribution in [0.15, 0.2) is 0 Å². The highest BCUT2D eigenvalue weighted by molar-refractivity contribution is 6.48. The van der Waals surface area contributed by atoms with Crippen molar-refractivity contribution in [3.8, 4) is 0 Å². The van der Waals surface area contributed by atoms with Crippen LogP contribution in [0.1, 0.15) is 0 Å². The van der Waals surface area contributed by atoms with Gasteiger partial charge < -0.3 is 4.11 Å². The summed E-state index contributed by atoms with van der Waals surface area (Å²) in [6.45, 7) is 0. The molecule has 0 bridgehead atoms. The highest BCUT2D eigenvalue weighted by Crippen LogP contribution is 2.05. The quantitative estimate of drug-likeness (QED) is 0.313. The molecule has 4 heteroatoms. The Morgan fingerprint density at radius 3 is 2.17 bits per heavy atom. The molecule has 38 valence electrons. The SMILES string of the molecule is F[SiH2]CC(Cl)Cl. The molecule has 0 spiro atoms. The van der Waals surface area contributed by atoms with Gasteiger partial charge in [0.2, 0.25) is 9.85 Å². The molecule has 0 amide bonds. The van der Waals surface area contributed by atoms with Crippen LogP contribution in [0.25, 0.3) is 0 Å². The minimum Gasteiger partial charge on any atom is -0.323 e. The van der Waals surface area contributed by atoms with E-state index in [1.807, 2.05) is 0 Å². The van der Waals surface area contributed by atoms with E-state index in [1.54, 1.807) is 0 Å². The summed E-state index contributed by atoms with van der Waals surface area (Å²) in [7, 11) is -1.40. The first kappa shape index (κ1) is 6.73. The number of halogens is 3. The Kier molecular flexibility index (Phi) is 4.37. The van der Waals surface area contributed by atoms with Gasteiger partial charge >= 0.3 is 0 Å². The Balaban J connectivity index is 2.63. The van der Waals surface area contributed by atoms with Gasteiger partial charge in [-0.2, -0.15) is 0 Å². The Labute approximate surface area is 48.6 Å². The largest absolute Gasteiger partial charge is 0.323 e. The standard InChI is InChI=1S/C2H5Cl2FSi/c3-2(4)1-6-5/h2H,1,6H2. The van der Waals surface area contributed by atoms with Crippen molar-refractivity contribution in [3.63, 3.8) is 0 Å². The zero-order chi connectivity index (χ0) is 4.99. The molecule has 0 aliphatic rings. The third-order valence-electron chi connectivity index (χ3n) is 0.327. The van der Waals surface area contributed by atoms with Gasteiger partial charge in [0, 0.05) is 0 Å². The van der Waals surface area contributed by atoms with E-state index < -0.39 is 14.7 Å². The van der Waals surface area contributed by atoms with Gasteiger partial charge in [-0.1, -0.05) is 0 Å². The smallest absolute Gasteiger partial charge is 0.219 e. The van der Waals surface area contributed by atoms with Crippen LogP contribution < -0.4 is 0 Å². The molecular weight excluding hydrogens is 142 g/mol. The van der Waals surface area contributed by atoms with E-state index in [-0.39, 0.29) is 0 Å². The molecule has 0 aliphatic heterocycles. The summed E-state index contributed by atoms with van der Waals surface area (Å²) in [6, 6.07) is 0.378. The molecule has 0 heterocycles. The van der Waals surface area contributed by atoms with Crippen molar-refractivity contribution in [1.82, 2.24) is 0 Å². The second kappa shape index (κ2) is 3.90. The predicted octanol–water partition coefficient (Wildman–Crippen LogP) is 1.26. The minimum absolute atomic E-state index is 0.378. The third kappa shape index (κ3) is 4.73. The van der Waals surface area contributed by atoms with Crippen molar-refractivity contribution in [2.75, 3.05) is 0 Å². The molecule has 0 aromatic rings. The molecule has 0 nitrogen and oxygen atoms in total. The van der Waals surface area contributed by atoms with Gasteiger partial charge in [-0.15, -0.1) is 23.2 Å². The first-order valence-electron chi connectivity index (χ1n) is 1.61. The van der Waals surface area contributed by atoms with E-state index in [9.17, 15) is 4.11 Å². The summed E-state index contributed by atoms with van der Waals surface area (Å²) in [5, 5.41) is 0. The lowest BCUT2D eigenvalue weighted by molar-refractivity contribution is 0.860. The minimum atomic E-state index is -1.40. The maximum absolute atomic E-state index is 11.2. The molecule has 0 rings (SSSR count). The lowest BCUT2D eigenvalue weighted by atomic mass is 10.9. The number of alkyl halides is 2. The van der Waals surface area contributed by atoms with Gasteiger partial charge in [0.15, 0.2) is 0 Å². The van der Waals surface area contributed by atoms with Gasteiger partial charge in [0.25, 0.3) is 0 Å². The van der Waals surface area contributed by atoms with Crippen LogP contribution in [-0.4, -0.2) is 14.7 Å². The normalized spacial score (nSPS) is 12.0. The van der Waals surface area contributed by atoms with Crippen LogP contribution in [-0.2, 0) is 0 Å². The molecule has 0 aliphatic carbocycles. The Hall–Kier alpha value is 0.727. The predicted molar refractivity (Wildman–Crippen MR) is 30.0 cm³/mol. The fraction of sp³-hybridized carbons (Fsp3) is 1.00. The molecule has 0 saturated heterocycles. The number of rotatable bonds is 2. The molecule has 0 atom stereocenters. The second-order valence-corrected chi connectivity index (χ2v) is 3.10. The maximum atomic E-state index is 11.2. The molecule has 0 aromatic heterocycles. The van der Waals surface area contributed by atoms with Gasteiger partial charge in [-0.25, -0.2) is 0 Å². The highest BCUT2D eigenvalue weighted by Gasteiger charge is 1.94. The molecule has 0 radical (unpaired) electrons. The van der Waals surface area contributed by atoms with Crippen molar-refractivity contribution >= 4 is 33.1 Å². The van der Waals surface area contributed by atoms with Crippen molar-refractivity contribution in [1.29, 1.82) is 0 Å². The van der Waals surface area contributed by atoms with Crippen LogP contribution in [0, 0.1) is 0 Å². The molecular formula is C2H5Cl2FSi. The third-order valence-corrected chi connectivity index (χ3v) is 2.29. The molecule has 0 fully saturated rings. The first-order chi connectivity index (χ1) is 2.77. The lowest BCUT2D eigenvalue weighted by Crippen LogP contribution is -1.87. The molecule has 0 N–H and O–H groups in total. The van der Waals surface area contributed by atoms with Crippen molar-refractivity contribution < 1.29 is 4.11 Å². The summed E-state index contributed by atoms with van der Waals surface area (Å²) in [6.07, 6.45) is 0. The zero-order valence-electron chi connectivity index (χ0n) is 3.13. The number of hydrogen-bond acceptors (Lipinski definition) is 0. The van der Waals surface area contributed by atoms with Gasteiger partial charge in [0.1, 0.15) is 4.84 Å². The van der Waals surface area contributed by atoms with Crippen molar-refractivity contribution in [2.45, 2.75) is 10.9 Å². The van der Waals surface area contributed by atoms with E-state index in [4.69, 9.17) is 23.2 Å². The average molecular weight is 147 g/mol. The Morgan fingerprint density at radius 2 is 2.17 bits per heavy atom. The zero-order valence-corrected chi connectivity index (χ0v) is 6.05. The van der Waals surface area contributed by atoms with Crippen LogP contribution >= 0.6 is 23.2 Å². The monoisotopic (exact) mass is 146 g/mol. The van der Waals surface area contributed by atoms with E-state index in [0.29, 0.717) is 6.04 Å². The molecule has 0 aromatic carbocycles. The Morgan fingerprint density at radius 1 is 1.67 bits per heavy atom. The summed E-state index contributed by atoms with van der Waals surface area (Å²) >= 11 is 10.3. The fourth-order valence-corrected chi connectivity index (χ4v) is 0.742.